The molecule has 1 fully saturated rings. The molecular weight excluding hydrogens is 479 g/mol. The predicted octanol–water partition coefficient (Wildman–Crippen LogP) is 3.01. The van der Waals surface area contributed by atoms with Crippen molar-refractivity contribution in [2.24, 2.45) is 5.11 Å². The Hall–Kier alpha value is -3.21. The van der Waals surface area contributed by atoms with Crippen LogP contribution in [0.4, 0.5) is 4.79 Å². The minimum atomic E-state index is -4.23. The largest absolute Gasteiger partial charge is 0.418 e. The van der Waals surface area contributed by atoms with Crippen LogP contribution in [0.3, 0.4) is 0 Å². The number of rotatable bonds is 11. The lowest BCUT2D eigenvalue weighted by Crippen LogP contribution is -2.33. The van der Waals surface area contributed by atoms with Crippen molar-refractivity contribution in [3.63, 3.8) is 0 Å². The summed E-state index contributed by atoms with van der Waals surface area (Å²) in [5, 5.41) is 6.25. The lowest BCUT2D eigenvalue weighted by atomic mass is 10.1. The van der Waals surface area contributed by atoms with Crippen LogP contribution < -0.4 is 16.6 Å². The maximum atomic E-state index is 13.2. The molecule has 1 aliphatic heterocycles. The summed E-state index contributed by atoms with van der Waals surface area (Å²) in [6, 6.07) is 8.67. The van der Waals surface area contributed by atoms with E-state index in [1.54, 1.807) is 6.92 Å². The fourth-order valence-corrected chi connectivity index (χ4v) is 4.87. The van der Waals surface area contributed by atoms with Gasteiger partial charge in [0.1, 0.15) is 6.23 Å². The molecule has 0 aliphatic carbocycles. The molecule has 1 aromatic heterocycles. The third kappa shape index (κ3) is 6.68. The zero-order chi connectivity index (χ0) is 25.4. The van der Waals surface area contributed by atoms with E-state index < -0.39 is 42.9 Å². The van der Waals surface area contributed by atoms with E-state index in [0.717, 1.165) is 5.56 Å². The molecular formula is C21H27N6O7P. The van der Waals surface area contributed by atoms with E-state index in [-0.39, 0.29) is 26.2 Å². The summed E-state index contributed by atoms with van der Waals surface area (Å²) in [5.74, 6) is 0. The number of azide groups is 1. The number of ether oxygens (including phenoxy) is 1. The first-order chi connectivity index (χ1) is 16.8. The maximum absolute atomic E-state index is 13.2. The monoisotopic (exact) mass is 506 g/mol. The van der Waals surface area contributed by atoms with E-state index in [9.17, 15) is 18.9 Å². The van der Waals surface area contributed by atoms with Crippen LogP contribution in [0.25, 0.3) is 10.4 Å². The van der Waals surface area contributed by atoms with Crippen molar-refractivity contribution < 1.29 is 23.1 Å². The van der Waals surface area contributed by atoms with E-state index >= 15 is 0 Å². The first kappa shape index (κ1) is 26.4. The molecule has 4 atom stereocenters. The van der Waals surface area contributed by atoms with E-state index in [2.05, 4.69) is 20.3 Å². The molecule has 1 saturated heterocycles. The van der Waals surface area contributed by atoms with Gasteiger partial charge < -0.3 is 14.6 Å². The Balaban J connectivity index is 1.67. The molecule has 0 spiro atoms. The Morgan fingerprint density at radius 2 is 2.09 bits per heavy atom. The van der Waals surface area contributed by atoms with Crippen molar-refractivity contribution in [1.82, 2.24) is 14.9 Å². The molecule has 1 amide bonds. The van der Waals surface area contributed by atoms with Gasteiger partial charge >= 0.3 is 18.9 Å². The molecule has 2 N–H and O–H groups in total. The average molecular weight is 506 g/mol. The summed E-state index contributed by atoms with van der Waals surface area (Å²) in [6.07, 6.45) is 0.187. The number of carbonyl (C=O) groups excluding carboxylic acids is 1. The first-order valence-corrected chi connectivity index (χ1v) is 12.5. The Labute approximate surface area is 200 Å². The van der Waals surface area contributed by atoms with Gasteiger partial charge in [0.25, 0.3) is 5.56 Å². The Morgan fingerprint density at radius 1 is 1.34 bits per heavy atom. The summed E-state index contributed by atoms with van der Waals surface area (Å²) in [7, 11) is -4.23. The molecule has 0 radical (unpaired) electrons. The summed E-state index contributed by atoms with van der Waals surface area (Å²) < 4.78 is 30.7. The van der Waals surface area contributed by atoms with Crippen molar-refractivity contribution in [3.8, 4) is 0 Å². The third-order valence-electron chi connectivity index (χ3n) is 5.35. The van der Waals surface area contributed by atoms with Crippen molar-refractivity contribution in [3.05, 3.63) is 78.9 Å². The molecule has 1 aromatic carbocycles. The summed E-state index contributed by atoms with van der Waals surface area (Å²) in [6.45, 7) is 2.90. The fraction of sp³-hybridized carbons (Fsp3) is 0.476. The first-order valence-electron chi connectivity index (χ1n) is 11.0. The Morgan fingerprint density at radius 3 is 2.77 bits per heavy atom. The number of carbonyl (C=O) groups is 1. The van der Waals surface area contributed by atoms with Crippen LogP contribution in [0.1, 0.15) is 30.7 Å². The lowest BCUT2D eigenvalue weighted by molar-refractivity contribution is -0.0243. The second kappa shape index (κ2) is 12.0. The number of benzene rings is 1. The second-order valence-electron chi connectivity index (χ2n) is 7.79. The highest BCUT2D eigenvalue weighted by Crippen LogP contribution is 2.49. The SMILES string of the molecule is CCOP(=O)(OC[C@H]1O[C@@H](n2cc(C)c(=O)[nH]c2=O)C[C@@H]1N=[N+]=[N-])C(=O)NCCc1ccccc1. The summed E-state index contributed by atoms with van der Waals surface area (Å²) in [5.41, 5.74) is 8.12. The molecule has 3 rings (SSSR count). The molecule has 35 heavy (non-hydrogen) atoms. The highest BCUT2D eigenvalue weighted by atomic mass is 31.2. The minimum absolute atomic E-state index is 0.0383. The van der Waals surface area contributed by atoms with E-state index in [4.69, 9.17) is 19.3 Å². The quantitative estimate of drug-likeness (QED) is 0.203. The number of aryl methyl sites for hydroxylation is 1. The van der Waals surface area contributed by atoms with E-state index in [1.165, 1.54) is 17.7 Å². The van der Waals surface area contributed by atoms with Gasteiger partial charge in [-0.15, -0.1) is 0 Å². The predicted molar refractivity (Wildman–Crippen MR) is 126 cm³/mol. The highest BCUT2D eigenvalue weighted by Gasteiger charge is 2.41. The highest BCUT2D eigenvalue weighted by molar-refractivity contribution is 7.71. The number of hydrogen-bond acceptors (Lipinski definition) is 8. The van der Waals surface area contributed by atoms with Gasteiger partial charge in [-0.3, -0.25) is 23.7 Å². The molecule has 0 saturated carbocycles. The van der Waals surface area contributed by atoms with Crippen LogP contribution in [-0.4, -0.2) is 47.1 Å². The minimum Gasteiger partial charge on any atom is -0.352 e. The van der Waals surface area contributed by atoms with Crippen LogP contribution in [0.5, 0.6) is 0 Å². The smallest absolute Gasteiger partial charge is 0.352 e. The zero-order valence-corrected chi connectivity index (χ0v) is 20.2. The van der Waals surface area contributed by atoms with Gasteiger partial charge in [-0.25, -0.2) is 9.36 Å². The molecule has 0 bridgehead atoms. The number of aromatic amines is 1. The van der Waals surface area contributed by atoms with Crippen molar-refractivity contribution in [1.29, 1.82) is 0 Å². The molecule has 14 heteroatoms. The standard InChI is InChI=1S/C21H27N6O7P/c1-3-32-35(31,21(30)23-10-9-15-7-5-4-6-8-15)33-13-17-16(25-26-22)11-18(34-17)27-12-14(2)19(28)24-20(27)29/h4-8,12,16-18H,3,9-11,13H2,1-2H3,(H,23,30)(H,24,28,29)/t16-,17+,18+,35?/m0/s1. The van der Waals surface area contributed by atoms with Crippen molar-refractivity contribution in [2.75, 3.05) is 19.8 Å². The van der Waals surface area contributed by atoms with Gasteiger partial charge in [-0.05, 0) is 31.4 Å². The number of hydrogen-bond donors (Lipinski definition) is 2. The van der Waals surface area contributed by atoms with Crippen molar-refractivity contribution >= 4 is 13.2 Å². The third-order valence-corrected chi connectivity index (χ3v) is 7.09. The van der Waals surface area contributed by atoms with E-state index in [0.29, 0.717) is 12.0 Å². The number of nitrogens with zero attached hydrogens (tertiary/aromatic N) is 4. The molecule has 1 unspecified atom stereocenters. The number of amides is 1. The molecule has 2 aromatic rings. The van der Waals surface area contributed by atoms with Crippen LogP contribution >= 0.6 is 7.60 Å². The zero-order valence-electron chi connectivity index (χ0n) is 19.3. The summed E-state index contributed by atoms with van der Waals surface area (Å²) in [4.78, 5) is 41.5. The molecule has 2 heterocycles. The van der Waals surface area contributed by atoms with Crippen LogP contribution in [0, 0.1) is 6.92 Å². The van der Waals surface area contributed by atoms with Gasteiger partial charge in [-0.2, -0.15) is 0 Å². The molecule has 188 valence electrons. The van der Waals surface area contributed by atoms with Gasteiger partial charge in [0, 0.05) is 29.6 Å². The van der Waals surface area contributed by atoms with Gasteiger partial charge in [-0.1, -0.05) is 35.4 Å². The number of nitrogens with one attached hydrogen (secondary N) is 2. The van der Waals surface area contributed by atoms with E-state index in [1.807, 2.05) is 30.3 Å². The van der Waals surface area contributed by atoms with Gasteiger partial charge in [0.2, 0.25) is 0 Å². The second-order valence-corrected chi connectivity index (χ2v) is 9.71. The van der Waals surface area contributed by atoms with Gasteiger partial charge in [0.15, 0.2) is 0 Å². The Kier molecular flexibility index (Phi) is 9.02. The maximum Gasteiger partial charge on any atom is 0.418 e. The van der Waals surface area contributed by atoms with Crippen LogP contribution in [-0.2, 0) is 24.8 Å². The van der Waals surface area contributed by atoms with Crippen LogP contribution in [0.2, 0.25) is 0 Å². The topological polar surface area (TPSA) is 177 Å². The number of H-pyrrole nitrogens is 1. The van der Waals surface area contributed by atoms with Crippen molar-refractivity contribution in [2.45, 2.75) is 45.1 Å². The molecule has 1 aliphatic rings. The normalized spacial score (nSPS) is 21.1. The average Bonchev–Trinajstić information content (AvgIpc) is 3.23. The van der Waals surface area contributed by atoms with Crippen LogP contribution in [0.15, 0.2) is 51.2 Å². The summed E-state index contributed by atoms with van der Waals surface area (Å²) >= 11 is 0. The van der Waals surface area contributed by atoms with Gasteiger partial charge in [0.05, 0.1) is 25.4 Å². The lowest BCUT2D eigenvalue weighted by Gasteiger charge is -2.21. The molecule has 13 nitrogen and oxygen atoms in total. The fourth-order valence-electron chi connectivity index (χ4n) is 3.58. The number of aromatic nitrogens is 2. The Bertz CT molecular complexity index is 1240.